The number of ether oxygens (including phenoxy) is 2. The number of nitrogens with zero attached hydrogens (tertiary/aromatic N) is 4. The molecule has 1 atom stereocenters. The summed E-state index contributed by atoms with van der Waals surface area (Å²) in [5.41, 5.74) is 6.97. The standard InChI is InChI=1S/C37H34FN5O5/c1-23-7-11-28(42-21-34(38)39-22-42)16-24(23)4-3-14-48-33-18-25(30-5-2-6-36(44)41-30)8-9-26(33)19-35-40-31-12-10-27(37(45)46)17-32(31)43(35)20-29-13-15-47-29/h2,5-12,16-18,21-22,29H,3-4,13-15,19-20H2,1H3,(H,41,44)(H,45,46). The summed E-state index contributed by atoms with van der Waals surface area (Å²) in [6, 6.07) is 21.9. The zero-order valence-electron chi connectivity index (χ0n) is 26.4. The molecule has 0 bridgehead atoms. The molecule has 0 saturated carbocycles. The number of aryl methyl sites for hydroxylation is 2. The van der Waals surface area contributed by atoms with Gasteiger partial charge in [0, 0.05) is 41.6 Å². The fraction of sp³-hybridized carbons (Fsp3) is 0.243. The minimum absolute atomic E-state index is 0.0393. The first kappa shape index (κ1) is 31.1. The van der Waals surface area contributed by atoms with Gasteiger partial charge >= 0.3 is 5.97 Å². The predicted octanol–water partition coefficient (Wildman–Crippen LogP) is 6.11. The van der Waals surface area contributed by atoms with Crippen LogP contribution in [0, 0.1) is 12.9 Å². The van der Waals surface area contributed by atoms with Crippen molar-refractivity contribution in [2.24, 2.45) is 0 Å². The smallest absolute Gasteiger partial charge is 0.335 e. The highest BCUT2D eigenvalue weighted by atomic mass is 19.1. The highest BCUT2D eigenvalue weighted by molar-refractivity contribution is 5.92. The number of hydrogen-bond donors (Lipinski definition) is 2. The van der Waals surface area contributed by atoms with E-state index in [1.165, 1.54) is 18.6 Å². The number of aromatic nitrogens is 5. The zero-order valence-corrected chi connectivity index (χ0v) is 26.4. The zero-order chi connectivity index (χ0) is 33.2. The van der Waals surface area contributed by atoms with Crippen molar-refractivity contribution < 1.29 is 23.8 Å². The van der Waals surface area contributed by atoms with E-state index in [2.05, 4.69) is 21.5 Å². The number of hydrogen-bond acceptors (Lipinski definition) is 6. The van der Waals surface area contributed by atoms with E-state index >= 15 is 0 Å². The molecule has 1 unspecified atom stereocenters. The van der Waals surface area contributed by atoms with Gasteiger partial charge in [0.05, 0.1) is 42.0 Å². The Labute approximate surface area is 275 Å². The number of carbonyl (C=O) groups is 1. The van der Waals surface area contributed by atoms with Crippen molar-refractivity contribution in [1.82, 2.24) is 24.1 Å². The van der Waals surface area contributed by atoms with Gasteiger partial charge in [-0.15, -0.1) is 0 Å². The number of aromatic carboxylic acids is 1. The van der Waals surface area contributed by atoms with Crippen molar-refractivity contribution in [2.45, 2.75) is 45.3 Å². The number of carboxylic acids is 1. The summed E-state index contributed by atoms with van der Waals surface area (Å²) < 4.78 is 29.4. The van der Waals surface area contributed by atoms with Gasteiger partial charge in [0.15, 0.2) is 0 Å². The van der Waals surface area contributed by atoms with Crippen LogP contribution < -0.4 is 10.3 Å². The third kappa shape index (κ3) is 6.63. The summed E-state index contributed by atoms with van der Waals surface area (Å²) in [5.74, 6) is -0.0765. The fourth-order valence-corrected chi connectivity index (χ4v) is 6.04. The van der Waals surface area contributed by atoms with E-state index in [1.54, 1.807) is 28.8 Å². The van der Waals surface area contributed by atoms with E-state index in [0.717, 1.165) is 58.5 Å². The number of nitrogens with one attached hydrogen (secondary N) is 1. The first-order valence-electron chi connectivity index (χ1n) is 15.9. The second kappa shape index (κ2) is 13.3. The summed E-state index contributed by atoms with van der Waals surface area (Å²) in [5, 5.41) is 9.64. The van der Waals surface area contributed by atoms with Crippen LogP contribution in [0.25, 0.3) is 28.0 Å². The Balaban J connectivity index is 1.17. The third-order valence-electron chi connectivity index (χ3n) is 8.78. The number of imidazole rings is 2. The Morgan fingerprint density at radius 2 is 1.98 bits per heavy atom. The van der Waals surface area contributed by atoms with Crippen molar-refractivity contribution >= 4 is 17.0 Å². The minimum Gasteiger partial charge on any atom is -0.493 e. The Morgan fingerprint density at radius 3 is 2.73 bits per heavy atom. The molecule has 4 heterocycles. The van der Waals surface area contributed by atoms with Crippen molar-refractivity contribution in [1.29, 1.82) is 0 Å². The van der Waals surface area contributed by atoms with Crippen LogP contribution in [0.1, 0.15) is 45.7 Å². The molecule has 244 valence electrons. The van der Waals surface area contributed by atoms with Crippen LogP contribution in [0.15, 0.2) is 90.1 Å². The molecular weight excluding hydrogens is 613 g/mol. The van der Waals surface area contributed by atoms with Gasteiger partial charge in [0.25, 0.3) is 0 Å². The van der Waals surface area contributed by atoms with Crippen molar-refractivity contribution in [3.63, 3.8) is 0 Å². The molecule has 0 aliphatic carbocycles. The summed E-state index contributed by atoms with van der Waals surface area (Å²) in [6.07, 6.45) is 5.69. The first-order chi connectivity index (χ1) is 23.3. The van der Waals surface area contributed by atoms with E-state index in [4.69, 9.17) is 14.5 Å². The maximum Gasteiger partial charge on any atom is 0.335 e. The molecule has 11 heteroatoms. The molecule has 1 aliphatic rings. The number of H-pyrrole nitrogens is 1. The summed E-state index contributed by atoms with van der Waals surface area (Å²) in [7, 11) is 0. The molecule has 10 nitrogen and oxygen atoms in total. The second-order valence-corrected chi connectivity index (χ2v) is 12.0. The van der Waals surface area contributed by atoms with E-state index in [-0.39, 0.29) is 17.2 Å². The largest absolute Gasteiger partial charge is 0.493 e. The average Bonchev–Trinajstić information content (AvgIpc) is 3.64. The van der Waals surface area contributed by atoms with E-state index in [9.17, 15) is 19.1 Å². The second-order valence-electron chi connectivity index (χ2n) is 12.0. The number of rotatable bonds is 12. The number of fused-ring (bicyclic) bond motifs is 1. The maximum atomic E-state index is 13.5. The van der Waals surface area contributed by atoms with Gasteiger partial charge in [-0.2, -0.15) is 4.39 Å². The van der Waals surface area contributed by atoms with Crippen LogP contribution in [-0.4, -0.2) is 54.5 Å². The molecule has 1 fully saturated rings. The molecule has 6 aromatic rings. The lowest BCUT2D eigenvalue weighted by Crippen LogP contribution is -2.31. The van der Waals surface area contributed by atoms with Gasteiger partial charge in [-0.25, -0.2) is 14.8 Å². The Kier molecular flexibility index (Phi) is 8.60. The average molecular weight is 648 g/mol. The van der Waals surface area contributed by atoms with E-state index < -0.39 is 11.9 Å². The lowest BCUT2D eigenvalue weighted by molar-refractivity contribution is -0.0589. The topological polar surface area (TPSA) is 124 Å². The highest BCUT2D eigenvalue weighted by Crippen LogP contribution is 2.30. The predicted molar refractivity (Wildman–Crippen MR) is 178 cm³/mol. The lowest BCUT2D eigenvalue weighted by atomic mass is 10.0. The normalized spacial score (nSPS) is 14.2. The number of pyridine rings is 1. The van der Waals surface area contributed by atoms with Crippen LogP contribution in [0.3, 0.4) is 0 Å². The summed E-state index contributed by atoms with van der Waals surface area (Å²) in [4.78, 5) is 35.4. The number of carboxylic acid groups (broad SMARTS) is 1. The molecule has 48 heavy (non-hydrogen) atoms. The van der Waals surface area contributed by atoms with Crippen LogP contribution in [-0.2, 0) is 24.1 Å². The van der Waals surface area contributed by atoms with Crippen molar-refractivity contribution in [2.75, 3.05) is 13.2 Å². The fourth-order valence-electron chi connectivity index (χ4n) is 6.04. The maximum absolute atomic E-state index is 13.5. The van der Waals surface area contributed by atoms with Gasteiger partial charge in [-0.3, -0.25) is 4.79 Å². The first-order valence-corrected chi connectivity index (χ1v) is 15.9. The third-order valence-corrected chi connectivity index (χ3v) is 8.78. The van der Waals surface area contributed by atoms with E-state index in [0.29, 0.717) is 43.1 Å². The van der Waals surface area contributed by atoms with Crippen LogP contribution >= 0.6 is 0 Å². The molecular formula is C37H34FN5O5. The van der Waals surface area contributed by atoms with Crippen LogP contribution in [0.5, 0.6) is 5.75 Å². The molecule has 7 rings (SSSR count). The van der Waals surface area contributed by atoms with Gasteiger partial charge < -0.3 is 28.7 Å². The molecule has 0 amide bonds. The molecule has 0 spiro atoms. The molecule has 3 aromatic heterocycles. The van der Waals surface area contributed by atoms with Gasteiger partial charge in [-0.05, 0) is 79.8 Å². The van der Waals surface area contributed by atoms with Gasteiger partial charge in [0.2, 0.25) is 11.5 Å². The van der Waals surface area contributed by atoms with E-state index in [1.807, 2.05) is 42.5 Å². The molecule has 1 aliphatic heterocycles. The minimum atomic E-state index is -0.992. The van der Waals surface area contributed by atoms with Crippen molar-refractivity contribution in [3.8, 4) is 22.7 Å². The van der Waals surface area contributed by atoms with Crippen LogP contribution in [0.4, 0.5) is 4.39 Å². The quantitative estimate of drug-likeness (QED) is 0.154. The SMILES string of the molecule is Cc1ccc(-n2cnc(F)c2)cc1CCCOc1cc(-c2cccc(=O)[nH]2)ccc1Cc1nc2ccc(C(=O)O)cc2n1CC1CCO1. The molecule has 3 aromatic carbocycles. The van der Waals surface area contributed by atoms with Gasteiger partial charge in [0.1, 0.15) is 17.9 Å². The van der Waals surface area contributed by atoms with Crippen molar-refractivity contribution in [3.05, 3.63) is 130 Å². The Bertz CT molecular complexity index is 2180. The summed E-state index contributed by atoms with van der Waals surface area (Å²) in [6.45, 7) is 3.76. The van der Waals surface area contributed by atoms with Gasteiger partial charge in [-0.1, -0.05) is 24.3 Å². The monoisotopic (exact) mass is 647 g/mol. The van der Waals surface area contributed by atoms with Crippen LogP contribution in [0.2, 0.25) is 0 Å². The molecule has 0 radical (unpaired) electrons. The number of aromatic amines is 1. The Morgan fingerprint density at radius 1 is 1.10 bits per heavy atom. The number of halogens is 1. The summed E-state index contributed by atoms with van der Waals surface area (Å²) >= 11 is 0. The number of benzene rings is 3. The Hall–Kier alpha value is -5.55. The lowest BCUT2D eigenvalue weighted by Gasteiger charge is -2.27. The highest BCUT2D eigenvalue weighted by Gasteiger charge is 2.23. The molecule has 2 N–H and O–H groups in total. The molecule has 1 saturated heterocycles.